The van der Waals surface area contributed by atoms with Crippen molar-refractivity contribution in [1.29, 1.82) is 0 Å². The number of hydrogen-bond donors (Lipinski definition) is 1. The van der Waals surface area contributed by atoms with Crippen molar-refractivity contribution in [2.45, 2.75) is 6.92 Å². The van der Waals surface area contributed by atoms with E-state index < -0.39 is 11.9 Å². The minimum Gasteiger partial charge on any atom is -0.465 e. The predicted octanol–water partition coefficient (Wildman–Crippen LogP) is 0.922. The van der Waals surface area contributed by atoms with Crippen molar-refractivity contribution in [2.75, 3.05) is 7.11 Å². The van der Waals surface area contributed by atoms with Gasteiger partial charge in [-0.1, -0.05) is 5.16 Å². The number of amidine groups is 1. The van der Waals surface area contributed by atoms with Gasteiger partial charge in [-0.25, -0.2) is 9.59 Å². The number of hydrogen-bond acceptors (Lipinski definition) is 5. The number of nitrogens with two attached hydrogens (primary N) is 1. The van der Waals surface area contributed by atoms with E-state index in [4.69, 9.17) is 5.73 Å². The molecule has 0 heterocycles. The summed E-state index contributed by atoms with van der Waals surface area (Å²) in [6, 6.07) is 5.80. The molecule has 1 rings (SSSR count). The first kappa shape index (κ1) is 12.7. The van der Waals surface area contributed by atoms with Crippen molar-refractivity contribution in [3.63, 3.8) is 0 Å². The first-order valence-electron chi connectivity index (χ1n) is 4.74. The van der Waals surface area contributed by atoms with Crippen LogP contribution in [0.25, 0.3) is 0 Å². The maximum Gasteiger partial charge on any atom is 0.365 e. The van der Waals surface area contributed by atoms with Crippen molar-refractivity contribution in [3.8, 4) is 0 Å². The number of methoxy groups -OCH3 is 1. The molecule has 0 saturated heterocycles. The Morgan fingerprint density at radius 3 is 2.00 bits per heavy atom. The average molecular weight is 236 g/mol. The summed E-state index contributed by atoms with van der Waals surface area (Å²) in [4.78, 5) is 27.1. The molecule has 1 aromatic carbocycles. The van der Waals surface area contributed by atoms with Gasteiger partial charge in [0.1, 0.15) is 5.84 Å². The zero-order valence-electron chi connectivity index (χ0n) is 9.47. The summed E-state index contributed by atoms with van der Waals surface area (Å²) in [6.07, 6.45) is 0. The van der Waals surface area contributed by atoms with E-state index >= 15 is 0 Å². The summed E-state index contributed by atoms with van der Waals surface area (Å²) >= 11 is 0. The Balaban J connectivity index is 2.77. The molecule has 0 spiro atoms. The SMILES string of the molecule is COC(=O)c1ccc(C(=O)O/N=C(\C)N)cc1. The minimum absolute atomic E-state index is 0.143. The lowest BCUT2D eigenvalue weighted by Crippen LogP contribution is -2.09. The fraction of sp³-hybridized carbons (Fsp3) is 0.182. The fourth-order valence-corrected chi connectivity index (χ4v) is 1.03. The lowest BCUT2D eigenvalue weighted by atomic mass is 10.1. The van der Waals surface area contributed by atoms with Crippen molar-refractivity contribution >= 4 is 17.8 Å². The van der Waals surface area contributed by atoms with Crippen LogP contribution in [0, 0.1) is 0 Å². The Bertz CT molecular complexity index is 447. The highest BCUT2D eigenvalue weighted by atomic mass is 16.7. The Labute approximate surface area is 98.0 Å². The Kier molecular flexibility index (Phi) is 4.21. The molecule has 0 saturated carbocycles. The van der Waals surface area contributed by atoms with Crippen LogP contribution in [0.3, 0.4) is 0 Å². The van der Waals surface area contributed by atoms with Gasteiger partial charge in [-0.3, -0.25) is 0 Å². The van der Waals surface area contributed by atoms with Gasteiger partial charge in [-0.2, -0.15) is 0 Å². The third-order valence-electron chi connectivity index (χ3n) is 1.81. The smallest absolute Gasteiger partial charge is 0.365 e. The molecule has 0 atom stereocenters. The summed E-state index contributed by atoms with van der Waals surface area (Å²) < 4.78 is 4.52. The Hall–Kier alpha value is -2.37. The van der Waals surface area contributed by atoms with Crippen molar-refractivity contribution in [1.82, 2.24) is 0 Å². The van der Waals surface area contributed by atoms with Crippen LogP contribution in [0.15, 0.2) is 29.4 Å². The number of benzene rings is 1. The van der Waals surface area contributed by atoms with Gasteiger partial charge in [0.2, 0.25) is 0 Å². The summed E-state index contributed by atoms with van der Waals surface area (Å²) in [6.45, 7) is 1.49. The van der Waals surface area contributed by atoms with Gasteiger partial charge in [-0.15, -0.1) is 0 Å². The van der Waals surface area contributed by atoms with Crippen LogP contribution in [0.2, 0.25) is 0 Å². The highest BCUT2D eigenvalue weighted by molar-refractivity contribution is 5.93. The predicted molar refractivity (Wildman–Crippen MR) is 60.5 cm³/mol. The summed E-state index contributed by atoms with van der Waals surface area (Å²) in [5.41, 5.74) is 5.83. The molecule has 0 aromatic heterocycles. The van der Waals surface area contributed by atoms with Gasteiger partial charge >= 0.3 is 11.9 Å². The second-order valence-corrected chi connectivity index (χ2v) is 3.18. The first-order valence-corrected chi connectivity index (χ1v) is 4.74. The Morgan fingerprint density at radius 1 is 1.12 bits per heavy atom. The highest BCUT2D eigenvalue weighted by Crippen LogP contribution is 2.07. The topological polar surface area (TPSA) is 91.0 Å². The molecule has 90 valence electrons. The van der Waals surface area contributed by atoms with Gasteiger partial charge in [0.15, 0.2) is 0 Å². The number of oxime groups is 1. The maximum atomic E-state index is 11.4. The van der Waals surface area contributed by atoms with Crippen LogP contribution >= 0.6 is 0 Å². The van der Waals surface area contributed by atoms with Gasteiger partial charge < -0.3 is 15.3 Å². The lowest BCUT2D eigenvalue weighted by molar-refractivity contribution is 0.0513. The van der Waals surface area contributed by atoms with E-state index in [0.717, 1.165) is 0 Å². The number of nitrogens with zero attached hydrogens (tertiary/aromatic N) is 1. The van der Waals surface area contributed by atoms with Crippen molar-refractivity contribution in [3.05, 3.63) is 35.4 Å². The normalized spacial score (nSPS) is 10.8. The van der Waals surface area contributed by atoms with E-state index in [9.17, 15) is 9.59 Å². The maximum absolute atomic E-state index is 11.4. The van der Waals surface area contributed by atoms with Crippen LogP contribution in [0.5, 0.6) is 0 Å². The molecule has 0 fully saturated rings. The van der Waals surface area contributed by atoms with Gasteiger partial charge in [0.05, 0.1) is 18.2 Å². The van der Waals surface area contributed by atoms with E-state index in [2.05, 4.69) is 14.7 Å². The lowest BCUT2D eigenvalue weighted by Gasteiger charge is -2.01. The van der Waals surface area contributed by atoms with E-state index in [1.807, 2.05) is 0 Å². The molecule has 0 aliphatic carbocycles. The summed E-state index contributed by atoms with van der Waals surface area (Å²) in [7, 11) is 1.28. The minimum atomic E-state index is -0.647. The van der Waals surface area contributed by atoms with E-state index in [1.165, 1.54) is 38.3 Å². The second kappa shape index (κ2) is 5.64. The number of ether oxygens (including phenoxy) is 1. The first-order chi connectivity index (χ1) is 8.04. The number of carbonyl (C=O) groups excluding carboxylic acids is 2. The van der Waals surface area contributed by atoms with Gasteiger partial charge in [-0.05, 0) is 31.2 Å². The van der Waals surface area contributed by atoms with Crippen LogP contribution in [0.1, 0.15) is 27.6 Å². The summed E-state index contributed by atoms with van der Waals surface area (Å²) in [5, 5.41) is 3.33. The molecule has 1 aromatic rings. The average Bonchev–Trinajstić information content (AvgIpc) is 2.35. The molecule has 0 unspecified atom stereocenters. The van der Waals surface area contributed by atoms with E-state index in [1.54, 1.807) is 0 Å². The fourth-order valence-electron chi connectivity index (χ4n) is 1.03. The molecule has 6 heteroatoms. The molecule has 0 aliphatic rings. The molecular formula is C11H12N2O4. The third kappa shape index (κ3) is 3.60. The highest BCUT2D eigenvalue weighted by Gasteiger charge is 2.09. The summed E-state index contributed by atoms with van der Waals surface area (Å²) in [5.74, 6) is -0.975. The number of rotatable bonds is 3. The van der Waals surface area contributed by atoms with E-state index in [0.29, 0.717) is 5.56 Å². The van der Waals surface area contributed by atoms with Gasteiger partial charge in [0.25, 0.3) is 0 Å². The zero-order chi connectivity index (χ0) is 12.8. The van der Waals surface area contributed by atoms with Crippen molar-refractivity contribution in [2.24, 2.45) is 10.9 Å². The molecule has 2 N–H and O–H groups in total. The molecule has 0 aliphatic heterocycles. The van der Waals surface area contributed by atoms with Crippen LogP contribution in [0.4, 0.5) is 0 Å². The Morgan fingerprint density at radius 2 is 1.59 bits per heavy atom. The van der Waals surface area contributed by atoms with Crippen LogP contribution in [-0.2, 0) is 9.57 Å². The van der Waals surface area contributed by atoms with Crippen LogP contribution in [-0.4, -0.2) is 24.9 Å². The number of esters is 1. The quantitative estimate of drug-likeness (QED) is 0.277. The second-order valence-electron chi connectivity index (χ2n) is 3.18. The molecule has 0 bridgehead atoms. The largest absolute Gasteiger partial charge is 0.465 e. The molecular weight excluding hydrogens is 224 g/mol. The molecule has 6 nitrogen and oxygen atoms in total. The monoisotopic (exact) mass is 236 g/mol. The standard InChI is InChI=1S/C11H12N2O4/c1-7(12)13-17-11(15)9-5-3-8(4-6-9)10(14)16-2/h3-6H,1-2H3,(H2,12,13). The molecule has 0 radical (unpaired) electrons. The van der Waals surface area contributed by atoms with E-state index in [-0.39, 0.29) is 11.4 Å². The molecule has 0 amide bonds. The van der Waals surface area contributed by atoms with Gasteiger partial charge in [0, 0.05) is 0 Å². The number of carbonyl (C=O) groups is 2. The zero-order valence-corrected chi connectivity index (χ0v) is 9.47. The molecule has 17 heavy (non-hydrogen) atoms. The van der Waals surface area contributed by atoms with Crippen LogP contribution < -0.4 is 5.73 Å². The third-order valence-corrected chi connectivity index (χ3v) is 1.81. The van der Waals surface area contributed by atoms with Crippen molar-refractivity contribution < 1.29 is 19.2 Å².